The zero-order chi connectivity index (χ0) is 13.2. The maximum absolute atomic E-state index is 5.56. The number of halogens is 1. The number of aromatic amines is 1. The summed E-state index contributed by atoms with van der Waals surface area (Å²) in [5.41, 5.74) is 3.88. The van der Waals surface area contributed by atoms with E-state index in [0.717, 1.165) is 45.4 Å². The van der Waals surface area contributed by atoms with Gasteiger partial charge in [0.2, 0.25) is 0 Å². The molecule has 3 rings (SSSR count). The molecule has 0 aliphatic heterocycles. The summed E-state index contributed by atoms with van der Waals surface area (Å²) in [4.78, 5) is 0. The number of fused-ring (bicyclic) bond motifs is 1. The number of benzene rings is 1. The van der Waals surface area contributed by atoms with Crippen LogP contribution in [0.4, 0.5) is 0 Å². The summed E-state index contributed by atoms with van der Waals surface area (Å²) in [5.74, 6) is 0. The average Bonchev–Trinajstić information content (AvgIpc) is 3.00. The second kappa shape index (κ2) is 5.19. The average molecular weight is 320 g/mol. The molecule has 0 aliphatic rings. The molecule has 0 saturated heterocycles. The van der Waals surface area contributed by atoms with E-state index in [4.69, 9.17) is 4.42 Å². The Kier molecular flexibility index (Phi) is 3.40. The molecule has 4 nitrogen and oxygen atoms in total. The van der Waals surface area contributed by atoms with Crippen LogP contribution in [0, 0.1) is 0 Å². The van der Waals surface area contributed by atoms with E-state index < -0.39 is 0 Å². The molecular formula is C14H14BrN3O. The van der Waals surface area contributed by atoms with Gasteiger partial charge in [0.05, 0.1) is 10.2 Å². The van der Waals surface area contributed by atoms with Gasteiger partial charge in [-0.3, -0.25) is 5.10 Å². The molecule has 5 heteroatoms. The zero-order valence-electron chi connectivity index (χ0n) is 10.5. The highest BCUT2D eigenvalue weighted by molar-refractivity contribution is 9.10. The summed E-state index contributed by atoms with van der Waals surface area (Å²) in [7, 11) is 1.94. The Balaban J connectivity index is 2.04. The fourth-order valence-corrected chi connectivity index (χ4v) is 2.71. The van der Waals surface area contributed by atoms with Crippen molar-refractivity contribution in [2.45, 2.75) is 6.42 Å². The molecule has 2 aromatic heterocycles. The maximum Gasteiger partial charge on any atom is 0.134 e. The number of likely N-dealkylation sites (N-methyl/N-ethyl adjacent to an activating group) is 1. The predicted molar refractivity (Wildman–Crippen MR) is 79.1 cm³/mol. The second-order valence-corrected chi connectivity index (χ2v) is 5.16. The van der Waals surface area contributed by atoms with Crippen LogP contribution in [0.15, 0.2) is 39.4 Å². The maximum atomic E-state index is 5.56. The number of H-pyrrole nitrogens is 1. The predicted octanol–water partition coefficient (Wildman–Crippen LogP) is 3.35. The van der Waals surface area contributed by atoms with Crippen LogP contribution < -0.4 is 5.32 Å². The molecule has 0 spiro atoms. The lowest BCUT2D eigenvalue weighted by Gasteiger charge is -1.98. The van der Waals surface area contributed by atoms with Crippen molar-refractivity contribution in [2.75, 3.05) is 13.6 Å². The lowest BCUT2D eigenvalue weighted by atomic mass is 10.1. The molecule has 2 heterocycles. The third-order valence-corrected chi connectivity index (χ3v) is 3.99. The monoisotopic (exact) mass is 319 g/mol. The van der Waals surface area contributed by atoms with Gasteiger partial charge in [0.1, 0.15) is 17.5 Å². The smallest absolute Gasteiger partial charge is 0.134 e. The minimum Gasteiger partial charge on any atom is -0.464 e. The molecule has 0 bridgehead atoms. The van der Waals surface area contributed by atoms with Gasteiger partial charge in [-0.25, -0.2) is 0 Å². The lowest BCUT2D eigenvalue weighted by molar-refractivity contribution is 0.616. The van der Waals surface area contributed by atoms with Crippen molar-refractivity contribution in [3.05, 3.63) is 40.7 Å². The van der Waals surface area contributed by atoms with Gasteiger partial charge in [-0.1, -0.05) is 18.2 Å². The normalized spacial score (nSPS) is 11.3. The molecule has 1 aromatic carbocycles. The van der Waals surface area contributed by atoms with E-state index in [1.807, 2.05) is 31.3 Å². The summed E-state index contributed by atoms with van der Waals surface area (Å²) in [6.45, 7) is 0.909. The molecule has 0 saturated carbocycles. The largest absolute Gasteiger partial charge is 0.464 e. The number of aromatic nitrogens is 2. The van der Waals surface area contributed by atoms with Crippen LogP contribution >= 0.6 is 15.9 Å². The number of para-hydroxylation sites is 1. The molecule has 0 fully saturated rings. The van der Waals surface area contributed by atoms with Crippen molar-refractivity contribution in [1.82, 2.24) is 15.5 Å². The number of furan rings is 1. The van der Waals surface area contributed by atoms with Crippen LogP contribution in [-0.2, 0) is 6.42 Å². The minimum absolute atomic E-state index is 0.879. The van der Waals surface area contributed by atoms with Gasteiger partial charge in [0, 0.05) is 23.9 Å². The van der Waals surface area contributed by atoms with Gasteiger partial charge in [-0.15, -0.1) is 0 Å². The summed E-state index contributed by atoms with van der Waals surface area (Å²) < 4.78 is 6.57. The summed E-state index contributed by atoms with van der Waals surface area (Å²) in [6.07, 6.45) is 2.66. The first kappa shape index (κ1) is 12.4. The lowest BCUT2D eigenvalue weighted by Crippen LogP contribution is -2.10. The van der Waals surface area contributed by atoms with Crippen molar-refractivity contribution in [3.63, 3.8) is 0 Å². The van der Waals surface area contributed by atoms with E-state index in [-0.39, 0.29) is 0 Å². The van der Waals surface area contributed by atoms with Crippen LogP contribution in [0.25, 0.3) is 22.2 Å². The van der Waals surface area contributed by atoms with Crippen LogP contribution in [-0.4, -0.2) is 23.8 Å². The Morgan fingerprint density at radius 3 is 3.05 bits per heavy atom. The fourth-order valence-electron chi connectivity index (χ4n) is 2.12. The zero-order valence-corrected chi connectivity index (χ0v) is 12.1. The van der Waals surface area contributed by atoms with Crippen molar-refractivity contribution in [3.8, 4) is 11.3 Å². The van der Waals surface area contributed by atoms with E-state index in [1.54, 1.807) is 6.26 Å². The molecule has 19 heavy (non-hydrogen) atoms. The van der Waals surface area contributed by atoms with Gasteiger partial charge in [-0.05, 0) is 29.0 Å². The van der Waals surface area contributed by atoms with Gasteiger partial charge >= 0.3 is 0 Å². The molecule has 98 valence electrons. The van der Waals surface area contributed by atoms with E-state index in [9.17, 15) is 0 Å². The Morgan fingerprint density at radius 1 is 1.37 bits per heavy atom. The van der Waals surface area contributed by atoms with Gasteiger partial charge in [0.25, 0.3) is 0 Å². The Labute approximate surface area is 119 Å². The van der Waals surface area contributed by atoms with E-state index >= 15 is 0 Å². The third kappa shape index (κ3) is 2.19. The molecule has 0 atom stereocenters. The van der Waals surface area contributed by atoms with E-state index in [2.05, 4.69) is 31.4 Å². The first-order valence-electron chi connectivity index (χ1n) is 6.15. The first-order valence-corrected chi connectivity index (χ1v) is 6.94. The Morgan fingerprint density at radius 2 is 2.21 bits per heavy atom. The van der Waals surface area contributed by atoms with Gasteiger partial charge < -0.3 is 9.73 Å². The third-order valence-electron chi connectivity index (χ3n) is 3.14. The fraction of sp³-hybridized carbons (Fsp3) is 0.214. The van der Waals surface area contributed by atoms with E-state index in [1.165, 1.54) is 0 Å². The number of nitrogens with one attached hydrogen (secondary N) is 2. The second-order valence-electron chi connectivity index (χ2n) is 4.36. The number of rotatable bonds is 4. The van der Waals surface area contributed by atoms with Crippen molar-refractivity contribution < 1.29 is 4.42 Å². The van der Waals surface area contributed by atoms with E-state index in [0.29, 0.717) is 0 Å². The molecule has 0 amide bonds. The van der Waals surface area contributed by atoms with Gasteiger partial charge in [-0.2, -0.15) is 5.10 Å². The van der Waals surface area contributed by atoms with Crippen molar-refractivity contribution in [1.29, 1.82) is 0 Å². The van der Waals surface area contributed by atoms with Crippen LogP contribution in [0.3, 0.4) is 0 Å². The SMILES string of the molecule is CNCCc1[nH]nc(-c2coc3ccccc23)c1Br. The van der Waals surface area contributed by atoms with Crippen molar-refractivity contribution >= 4 is 26.9 Å². The summed E-state index contributed by atoms with van der Waals surface area (Å²) >= 11 is 3.63. The molecular weight excluding hydrogens is 306 g/mol. The number of hydrogen-bond acceptors (Lipinski definition) is 3. The Hall–Kier alpha value is -1.59. The Bertz CT molecular complexity index is 702. The standard InChI is InChI=1S/C14H14BrN3O/c1-16-7-6-11-13(15)14(18-17-11)10-8-19-12-5-3-2-4-9(10)12/h2-5,8,16H,6-7H2,1H3,(H,17,18). The van der Waals surface area contributed by atoms with Crippen LogP contribution in [0.5, 0.6) is 0 Å². The molecule has 0 radical (unpaired) electrons. The highest BCUT2D eigenvalue weighted by atomic mass is 79.9. The topological polar surface area (TPSA) is 53.9 Å². The quantitative estimate of drug-likeness (QED) is 0.775. The molecule has 0 unspecified atom stereocenters. The molecule has 3 aromatic rings. The van der Waals surface area contributed by atoms with Crippen molar-refractivity contribution in [2.24, 2.45) is 0 Å². The highest BCUT2D eigenvalue weighted by Gasteiger charge is 2.16. The van der Waals surface area contributed by atoms with Crippen LogP contribution in [0.2, 0.25) is 0 Å². The summed E-state index contributed by atoms with van der Waals surface area (Å²) in [5, 5.41) is 11.7. The summed E-state index contributed by atoms with van der Waals surface area (Å²) in [6, 6.07) is 7.97. The van der Waals surface area contributed by atoms with Gasteiger partial charge in [0.15, 0.2) is 0 Å². The van der Waals surface area contributed by atoms with Crippen LogP contribution in [0.1, 0.15) is 5.69 Å². The molecule has 2 N–H and O–H groups in total. The number of hydrogen-bond donors (Lipinski definition) is 2. The minimum atomic E-state index is 0.879. The number of nitrogens with zero attached hydrogens (tertiary/aromatic N) is 1. The molecule has 0 aliphatic carbocycles. The first-order chi connectivity index (χ1) is 9.31. The highest BCUT2D eigenvalue weighted by Crippen LogP contribution is 2.35.